The Kier molecular flexibility index (Phi) is 7.06. The van der Waals surface area contributed by atoms with Crippen molar-refractivity contribution in [3.8, 4) is 0 Å². The Balaban J connectivity index is 2.21. The first kappa shape index (κ1) is 22.2. The summed E-state index contributed by atoms with van der Waals surface area (Å²) in [5, 5.41) is 10.4. The molecule has 0 saturated carbocycles. The number of amides is 1. The molecule has 0 aromatic heterocycles. The third-order valence-electron chi connectivity index (χ3n) is 5.26. The van der Waals surface area contributed by atoms with Gasteiger partial charge in [0.25, 0.3) is 5.91 Å². The Morgan fingerprint density at radius 2 is 1.77 bits per heavy atom. The SMILES string of the molecule is CCC(CC)N1C(=O)/C(=C/C(=O)O)O[C@H](c2cccc(Cl)c2)[C@H]1c1ccc(Cl)cc1. The second kappa shape index (κ2) is 9.54. The summed E-state index contributed by atoms with van der Waals surface area (Å²) in [6, 6.07) is 13.9. The van der Waals surface area contributed by atoms with Crippen LogP contribution < -0.4 is 0 Å². The number of morpholine rings is 1. The van der Waals surface area contributed by atoms with E-state index >= 15 is 0 Å². The van der Waals surface area contributed by atoms with Crippen LogP contribution in [0, 0.1) is 0 Å². The van der Waals surface area contributed by atoms with Crippen molar-refractivity contribution < 1.29 is 19.4 Å². The summed E-state index contributed by atoms with van der Waals surface area (Å²) in [6.07, 6.45) is 1.63. The van der Waals surface area contributed by atoms with Gasteiger partial charge in [-0.15, -0.1) is 0 Å². The Hall–Kier alpha value is -2.50. The molecule has 0 spiro atoms. The number of halogens is 2. The lowest BCUT2D eigenvalue weighted by Crippen LogP contribution is -2.49. The van der Waals surface area contributed by atoms with Crippen molar-refractivity contribution in [3.05, 3.63) is 81.5 Å². The van der Waals surface area contributed by atoms with Crippen molar-refractivity contribution in [2.75, 3.05) is 0 Å². The molecule has 3 rings (SSSR count). The normalized spacial score (nSPS) is 20.5. The quantitative estimate of drug-likeness (QED) is 0.568. The van der Waals surface area contributed by atoms with E-state index in [-0.39, 0.29) is 11.8 Å². The molecule has 5 nitrogen and oxygen atoms in total. The first-order valence-electron chi connectivity index (χ1n) is 9.80. The van der Waals surface area contributed by atoms with E-state index in [4.69, 9.17) is 27.9 Å². The molecule has 1 amide bonds. The zero-order valence-corrected chi connectivity index (χ0v) is 18.2. The molecule has 1 heterocycles. The summed E-state index contributed by atoms with van der Waals surface area (Å²) in [6.45, 7) is 4.01. The highest BCUT2D eigenvalue weighted by atomic mass is 35.5. The number of ether oxygens (including phenoxy) is 1. The first-order valence-corrected chi connectivity index (χ1v) is 10.6. The Labute approximate surface area is 185 Å². The summed E-state index contributed by atoms with van der Waals surface area (Å²) in [5.74, 6) is -1.87. The van der Waals surface area contributed by atoms with Crippen LogP contribution in [0.3, 0.4) is 0 Å². The van der Waals surface area contributed by atoms with Crippen LogP contribution in [0.2, 0.25) is 10.0 Å². The number of carbonyl (C=O) groups is 2. The van der Waals surface area contributed by atoms with E-state index in [1.54, 1.807) is 35.2 Å². The standard InChI is InChI=1S/C23H23Cl2NO4/c1-3-18(4-2)26-21(14-8-10-16(24)11-9-14)22(15-6-5-7-17(25)12-15)30-19(23(26)29)13-20(27)28/h5-13,18,21-22H,3-4H2,1-2H3,(H,27,28)/b19-13-/t21-,22-/m1/s1. The van der Waals surface area contributed by atoms with Gasteiger partial charge in [0.15, 0.2) is 5.76 Å². The maximum Gasteiger partial charge on any atom is 0.332 e. The average Bonchev–Trinajstić information content (AvgIpc) is 2.71. The predicted octanol–water partition coefficient (Wildman–Crippen LogP) is 5.79. The highest BCUT2D eigenvalue weighted by Gasteiger charge is 2.44. The molecular formula is C23H23Cl2NO4. The van der Waals surface area contributed by atoms with E-state index in [2.05, 4.69) is 0 Å². The van der Waals surface area contributed by atoms with Gasteiger partial charge in [0.2, 0.25) is 0 Å². The number of aliphatic carboxylic acids is 1. The fourth-order valence-electron chi connectivity index (χ4n) is 3.86. The zero-order valence-electron chi connectivity index (χ0n) is 16.7. The van der Waals surface area contributed by atoms with Crippen molar-refractivity contribution in [2.45, 2.75) is 44.9 Å². The second-order valence-corrected chi connectivity index (χ2v) is 7.99. The van der Waals surface area contributed by atoms with E-state index in [1.807, 2.05) is 32.0 Å². The van der Waals surface area contributed by atoms with E-state index < -0.39 is 24.0 Å². The number of benzene rings is 2. The molecule has 1 saturated heterocycles. The van der Waals surface area contributed by atoms with E-state index in [0.717, 1.165) is 30.0 Å². The molecule has 1 N–H and O–H groups in total. The molecule has 7 heteroatoms. The number of carbonyl (C=O) groups excluding carboxylic acids is 1. The number of hydrogen-bond acceptors (Lipinski definition) is 3. The zero-order chi connectivity index (χ0) is 21.8. The molecule has 0 bridgehead atoms. The van der Waals surface area contributed by atoms with Crippen LogP contribution >= 0.6 is 23.2 Å². The molecule has 30 heavy (non-hydrogen) atoms. The monoisotopic (exact) mass is 447 g/mol. The molecule has 0 unspecified atom stereocenters. The summed E-state index contributed by atoms with van der Waals surface area (Å²) in [5.41, 5.74) is 1.60. The lowest BCUT2D eigenvalue weighted by atomic mass is 9.90. The van der Waals surface area contributed by atoms with Gasteiger partial charge in [-0.1, -0.05) is 61.3 Å². The van der Waals surface area contributed by atoms with Gasteiger partial charge in [-0.05, 0) is 48.2 Å². The van der Waals surface area contributed by atoms with Gasteiger partial charge in [-0.2, -0.15) is 0 Å². The third kappa shape index (κ3) is 4.63. The van der Waals surface area contributed by atoms with Crippen molar-refractivity contribution in [1.82, 2.24) is 4.90 Å². The maximum atomic E-state index is 13.3. The van der Waals surface area contributed by atoms with Gasteiger partial charge in [0, 0.05) is 16.1 Å². The fraction of sp³-hybridized carbons (Fsp3) is 0.304. The number of nitrogens with zero attached hydrogens (tertiary/aromatic N) is 1. The maximum absolute atomic E-state index is 13.3. The minimum atomic E-state index is -1.24. The van der Waals surface area contributed by atoms with E-state index in [0.29, 0.717) is 10.0 Å². The number of rotatable bonds is 6. The molecule has 0 radical (unpaired) electrons. The lowest BCUT2D eigenvalue weighted by molar-refractivity contribution is -0.153. The lowest BCUT2D eigenvalue weighted by Gasteiger charge is -2.46. The highest BCUT2D eigenvalue weighted by Crippen LogP contribution is 2.45. The van der Waals surface area contributed by atoms with Crippen molar-refractivity contribution in [3.63, 3.8) is 0 Å². The van der Waals surface area contributed by atoms with Crippen LogP contribution in [-0.2, 0) is 14.3 Å². The molecule has 2 aromatic carbocycles. The second-order valence-electron chi connectivity index (χ2n) is 7.12. The van der Waals surface area contributed by atoms with Crippen molar-refractivity contribution in [1.29, 1.82) is 0 Å². The average molecular weight is 448 g/mol. The first-order chi connectivity index (χ1) is 14.3. The Morgan fingerprint density at radius 1 is 1.10 bits per heavy atom. The molecule has 2 aromatic rings. The predicted molar refractivity (Wildman–Crippen MR) is 116 cm³/mol. The van der Waals surface area contributed by atoms with E-state index in [1.165, 1.54) is 0 Å². The molecule has 1 aliphatic rings. The molecule has 1 fully saturated rings. The van der Waals surface area contributed by atoms with Gasteiger partial charge in [0.1, 0.15) is 6.10 Å². The molecule has 2 atom stereocenters. The van der Waals surface area contributed by atoms with Crippen LogP contribution in [0.25, 0.3) is 0 Å². The van der Waals surface area contributed by atoms with Crippen molar-refractivity contribution in [2.24, 2.45) is 0 Å². The molecular weight excluding hydrogens is 425 g/mol. The number of carboxylic acids is 1. The van der Waals surface area contributed by atoms with Gasteiger partial charge in [0.05, 0.1) is 12.1 Å². The molecule has 158 valence electrons. The summed E-state index contributed by atoms with van der Waals surface area (Å²) in [7, 11) is 0. The van der Waals surface area contributed by atoms with E-state index in [9.17, 15) is 14.7 Å². The van der Waals surface area contributed by atoms with Crippen LogP contribution in [0.4, 0.5) is 0 Å². The Morgan fingerprint density at radius 3 is 2.33 bits per heavy atom. The smallest absolute Gasteiger partial charge is 0.332 e. The van der Waals surface area contributed by atoms with Gasteiger partial charge < -0.3 is 14.7 Å². The summed E-state index contributed by atoms with van der Waals surface area (Å²) >= 11 is 12.3. The van der Waals surface area contributed by atoms with Crippen LogP contribution in [0.15, 0.2) is 60.4 Å². The topological polar surface area (TPSA) is 66.8 Å². The summed E-state index contributed by atoms with van der Waals surface area (Å²) in [4.78, 5) is 26.4. The molecule has 0 aliphatic carbocycles. The fourth-order valence-corrected chi connectivity index (χ4v) is 4.19. The highest BCUT2D eigenvalue weighted by molar-refractivity contribution is 6.30. The van der Waals surface area contributed by atoms with Gasteiger partial charge >= 0.3 is 5.97 Å². The summed E-state index contributed by atoms with van der Waals surface area (Å²) < 4.78 is 6.01. The van der Waals surface area contributed by atoms with Crippen LogP contribution in [0.1, 0.15) is 50.0 Å². The minimum absolute atomic E-state index is 0.0963. The van der Waals surface area contributed by atoms with Gasteiger partial charge in [-0.3, -0.25) is 4.79 Å². The third-order valence-corrected chi connectivity index (χ3v) is 5.75. The number of hydrogen-bond donors (Lipinski definition) is 1. The van der Waals surface area contributed by atoms with Gasteiger partial charge in [-0.25, -0.2) is 4.79 Å². The van der Waals surface area contributed by atoms with Crippen LogP contribution in [-0.4, -0.2) is 27.9 Å². The largest absolute Gasteiger partial charge is 0.478 e. The minimum Gasteiger partial charge on any atom is -0.478 e. The molecule has 1 aliphatic heterocycles. The van der Waals surface area contributed by atoms with Crippen molar-refractivity contribution >= 4 is 35.1 Å². The number of carboxylic acid groups (broad SMARTS) is 1. The van der Waals surface area contributed by atoms with Crippen LogP contribution in [0.5, 0.6) is 0 Å². The Bertz CT molecular complexity index is 954.